The van der Waals surface area contributed by atoms with Crippen LogP contribution in [0, 0.1) is 11.8 Å². The average Bonchev–Trinajstić information content (AvgIpc) is 3.32. The van der Waals surface area contributed by atoms with Crippen LogP contribution in [0.4, 0.5) is 4.79 Å². The van der Waals surface area contributed by atoms with Crippen molar-refractivity contribution in [1.82, 2.24) is 20.4 Å². The Labute approximate surface area is 176 Å². The highest BCUT2D eigenvalue weighted by atomic mass is 35.5. The highest BCUT2D eigenvalue weighted by molar-refractivity contribution is 6.09. The first-order valence-corrected chi connectivity index (χ1v) is 10.3. The van der Waals surface area contributed by atoms with Crippen LogP contribution in [0.2, 0.25) is 0 Å². The summed E-state index contributed by atoms with van der Waals surface area (Å²) in [4.78, 5) is 41.7. The molecular weight excluding hydrogens is 392 g/mol. The van der Waals surface area contributed by atoms with Gasteiger partial charge in [-0.05, 0) is 61.7 Å². The SMILES string of the molecule is Cl.O=C(CN1C(=O)NC2(CCc3ccccc32)C1=O)N1CC[C@@H]2CNC[C@@H]2CC1. The Morgan fingerprint density at radius 2 is 1.79 bits per heavy atom. The quantitative estimate of drug-likeness (QED) is 0.708. The molecule has 3 saturated heterocycles. The number of benzene rings is 1. The van der Waals surface area contributed by atoms with Crippen LogP contribution >= 0.6 is 12.4 Å². The third kappa shape index (κ3) is 3.20. The fourth-order valence-electron chi connectivity index (χ4n) is 5.44. The van der Waals surface area contributed by atoms with Gasteiger partial charge in [0.2, 0.25) is 5.91 Å². The number of hydrogen-bond donors (Lipinski definition) is 2. The van der Waals surface area contributed by atoms with Crippen molar-refractivity contribution >= 4 is 30.3 Å². The van der Waals surface area contributed by atoms with E-state index in [4.69, 9.17) is 0 Å². The Kier molecular flexibility index (Phi) is 5.29. The van der Waals surface area contributed by atoms with Crippen molar-refractivity contribution in [2.24, 2.45) is 11.8 Å². The van der Waals surface area contributed by atoms with Crippen LogP contribution in [0.15, 0.2) is 24.3 Å². The van der Waals surface area contributed by atoms with Gasteiger partial charge in [0.05, 0.1) is 0 Å². The van der Waals surface area contributed by atoms with Gasteiger partial charge in [-0.2, -0.15) is 0 Å². The van der Waals surface area contributed by atoms with E-state index in [2.05, 4.69) is 10.6 Å². The van der Waals surface area contributed by atoms with Crippen molar-refractivity contribution in [2.45, 2.75) is 31.2 Å². The molecule has 29 heavy (non-hydrogen) atoms. The molecule has 3 aliphatic heterocycles. The number of amides is 4. The van der Waals surface area contributed by atoms with E-state index in [1.54, 1.807) is 0 Å². The first-order valence-electron chi connectivity index (χ1n) is 10.3. The minimum atomic E-state index is -0.991. The first kappa shape index (κ1) is 20.2. The third-order valence-corrected chi connectivity index (χ3v) is 7.09. The standard InChI is InChI=1S/C21H26N4O3.ClH/c26-18(24-9-6-15-11-22-12-16(15)7-10-24)13-25-19(27)21(23-20(25)28)8-5-14-3-1-2-4-17(14)21;/h1-4,15-16,22H,5-13H2,(H,23,28);1H/t15-,16+,21?;. The number of aryl methyl sites for hydroxylation is 1. The van der Waals surface area contributed by atoms with Gasteiger partial charge < -0.3 is 15.5 Å². The molecule has 1 spiro atoms. The molecule has 8 heteroatoms. The lowest BCUT2D eigenvalue weighted by atomic mass is 9.92. The summed E-state index contributed by atoms with van der Waals surface area (Å²) in [5, 5.41) is 6.33. The number of carbonyl (C=O) groups excluding carboxylic acids is 3. The lowest BCUT2D eigenvalue weighted by Crippen LogP contribution is -2.45. The molecule has 3 atom stereocenters. The predicted octanol–water partition coefficient (Wildman–Crippen LogP) is 1.26. The van der Waals surface area contributed by atoms with Crippen LogP contribution in [-0.4, -0.2) is 60.4 Å². The summed E-state index contributed by atoms with van der Waals surface area (Å²) in [6.45, 7) is 3.31. The Morgan fingerprint density at radius 3 is 2.52 bits per heavy atom. The van der Waals surface area contributed by atoms with Gasteiger partial charge in [0.15, 0.2) is 0 Å². The molecule has 0 aromatic heterocycles. The van der Waals surface area contributed by atoms with E-state index < -0.39 is 11.6 Å². The summed E-state index contributed by atoms with van der Waals surface area (Å²) < 4.78 is 0. The zero-order chi connectivity index (χ0) is 19.3. The smallest absolute Gasteiger partial charge is 0.325 e. The van der Waals surface area contributed by atoms with Gasteiger partial charge in [-0.1, -0.05) is 24.3 Å². The number of imide groups is 1. The van der Waals surface area contributed by atoms with E-state index >= 15 is 0 Å². The number of halogens is 1. The lowest BCUT2D eigenvalue weighted by Gasteiger charge is -2.24. The molecule has 1 aromatic rings. The van der Waals surface area contributed by atoms with Crippen LogP contribution in [0.1, 0.15) is 30.4 Å². The number of nitrogens with zero attached hydrogens (tertiary/aromatic N) is 2. The summed E-state index contributed by atoms with van der Waals surface area (Å²) in [5.41, 5.74) is 0.977. The molecule has 5 rings (SSSR count). The van der Waals surface area contributed by atoms with E-state index in [9.17, 15) is 14.4 Å². The predicted molar refractivity (Wildman–Crippen MR) is 110 cm³/mol. The van der Waals surface area contributed by atoms with Crippen molar-refractivity contribution in [3.05, 3.63) is 35.4 Å². The van der Waals surface area contributed by atoms with Crippen molar-refractivity contribution in [1.29, 1.82) is 0 Å². The third-order valence-electron chi connectivity index (χ3n) is 7.09. The number of carbonyl (C=O) groups is 3. The van der Waals surface area contributed by atoms with Crippen molar-refractivity contribution < 1.29 is 14.4 Å². The maximum absolute atomic E-state index is 13.2. The lowest BCUT2D eigenvalue weighted by molar-refractivity contribution is -0.139. The Morgan fingerprint density at radius 1 is 1.10 bits per heavy atom. The molecule has 0 radical (unpaired) electrons. The molecule has 4 aliphatic rings. The topological polar surface area (TPSA) is 81.8 Å². The van der Waals surface area contributed by atoms with Crippen LogP contribution in [0.3, 0.4) is 0 Å². The first-order chi connectivity index (χ1) is 13.6. The van der Waals surface area contributed by atoms with Crippen LogP contribution in [0.5, 0.6) is 0 Å². The van der Waals surface area contributed by atoms with Gasteiger partial charge in [-0.15, -0.1) is 12.4 Å². The minimum absolute atomic E-state index is 0. The van der Waals surface area contributed by atoms with Gasteiger partial charge >= 0.3 is 6.03 Å². The maximum atomic E-state index is 13.2. The Balaban J connectivity index is 0.00000205. The van der Waals surface area contributed by atoms with Crippen LogP contribution in [0.25, 0.3) is 0 Å². The molecule has 7 nitrogen and oxygen atoms in total. The van der Waals surface area contributed by atoms with E-state index in [0.29, 0.717) is 31.3 Å². The highest BCUT2D eigenvalue weighted by Gasteiger charge is 2.55. The van der Waals surface area contributed by atoms with Crippen molar-refractivity contribution in [3.63, 3.8) is 0 Å². The second-order valence-corrected chi connectivity index (χ2v) is 8.52. The fourth-order valence-corrected chi connectivity index (χ4v) is 5.44. The Hall–Kier alpha value is -2.12. The molecule has 3 fully saturated rings. The summed E-state index contributed by atoms with van der Waals surface area (Å²) in [5.74, 6) is 0.854. The van der Waals surface area contributed by atoms with E-state index in [-0.39, 0.29) is 30.8 Å². The second kappa shape index (κ2) is 7.61. The maximum Gasteiger partial charge on any atom is 0.325 e. The molecule has 3 heterocycles. The minimum Gasteiger partial charge on any atom is -0.341 e. The average molecular weight is 419 g/mol. The van der Waals surface area contributed by atoms with Gasteiger partial charge in [0.25, 0.3) is 5.91 Å². The van der Waals surface area contributed by atoms with Crippen LogP contribution < -0.4 is 10.6 Å². The summed E-state index contributed by atoms with van der Waals surface area (Å²) >= 11 is 0. The molecule has 1 unspecified atom stereocenters. The van der Waals surface area contributed by atoms with Gasteiger partial charge in [0.1, 0.15) is 12.1 Å². The molecule has 1 aromatic carbocycles. The van der Waals surface area contributed by atoms with Crippen molar-refractivity contribution in [2.75, 3.05) is 32.7 Å². The summed E-state index contributed by atoms with van der Waals surface area (Å²) in [7, 11) is 0. The van der Waals surface area contributed by atoms with E-state index in [0.717, 1.165) is 48.4 Å². The molecule has 1 aliphatic carbocycles. The van der Waals surface area contributed by atoms with E-state index in [1.807, 2.05) is 29.2 Å². The number of likely N-dealkylation sites (tertiary alicyclic amines) is 1. The number of nitrogens with one attached hydrogen (secondary N) is 2. The van der Waals surface area contributed by atoms with E-state index in [1.165, 1.54) is 0 Å². The fraction of sp³-hybridized carbons (Fsp3) is 0.571. The molecule has 0 saturated carbocycles. The number of urea groups is 1. The summed E-state index contributed by atoms with van der Waals surface area (Å²) in [6, 6.07) is 7.30. The Bertz CT molecular complexity index is 833. The molecule has 4 amide bonds. The second-order valence-electron chi connectivity index (χ2n) is 8.52. The number of fused-ring (bicyclic) bond motifs is 3. The van der Waals surface area contributed by atoms with Crippen molar-refractivity contribution in [3.8, 4) is 0 Å². The normalized spacial score (nSPS) is 30.6. The largest absolute Gasteiger partial charge is 0.341 e. The zero-order valence-electron chi connectivity index (χ0n) is 16.4. The number of hydrogen-bond acceptors (Lipinski definition) is 4. The monoisotopic (exact) mass is 418 g/mol. The highest BCUT2D eigenvalue weighted by Crippen LogP contribution is 2.41. The molecule has 0 bridgehead atoms. The molecule has 2 N–H and O–H groups in total. The number of rotatable bonds is 2. The molecule has 156 valence electrons. The zero-order valence-corrected chi connectivity index (χ0v) is 17.2. The van der Waals surface area contributed by atoms with Gasteiger partial charge in [-0.25, -0.2) is 4.79 Å². The van der Waals surface area contributed by atoms with Crippen LogP contribution in [-0.2, 0) is 21.5 Å². The molecular formula is C21H27ClN4O3. The van der Waals surface area contributed by atoms with Gasteiger partial charge in [-0.3, -0.25) is 14.5 Å². The summed E-state index contributed by atoms with van der Waals surface area (Å²) in [6.07, 6.45) is 3.29. The van der Waals surface area contributed by atoms with Gasteiger partial charge in [0, 0.05) is 13.1 Å².